The maximum atomic E-state index is 13.9. The van der Waals surface area contributed by atoms with Gasteiger partial charge in [0, 0.05) is 25.0 Å². The average molecular weight is 421 g/mol. The normalized spacial score (nSPS) is 10.7. The molecule has 3 rings (SSSR count). The fraction of sp³-hybridized carbons (Fsp3) is 0.158. The minimum Gasteiger partial charge on any atom is -0.330 e. The molecule has 0 bridgehead atoms. The van der Waals surface area contributed by atoms with Crippen molar-refractivity contribution in [3.63, 3.8) is 0 Å². The molecule has 28 heavy (non-hydrogen) atoms. The second-order valence-corrected chi connectivity index (χ2v) is 6.66. The van der Waals surface area contributed by atoms with E-state index in [0.717, 1.165) is 6.07 Å². The van der Waals surface area contributed by atoms with Crippen molar-refractivity contribution >= 4 is 51.7 Å². The highest BCUT2D eigenvalue weighted by molar-refractivity contribution is 6.39. The quantitative estimate of drug-likeness (QED) is 0.671. The lowest BCUT2D eigenvalue weighted by molar-refractivity contribution is -0.116. The third-order valence-corrected chi connectivity index (χ3v) is 4.63. The first-order valence-electron chi connectivity index (χ1n) is 8.34. The molecule has 0 saturated heterocycles. The number of anilines is 1. The summed E-state index contributed by atoms with van der Waals surface area (Å²) in [6.07, 6.45) is 2.83. The van der Waals surface area contributed by atoms with E-state index in [1.54, 1.807) is 25.1 Å². The summed E-state index contributed by atoms with van der Waals surface area (Å²) in [6, 6.07) is 7.11. The Bertz CT molecular complexity index is 1040. The molecule has 0 atom stereocenters. The van der Waals surface area contributed by atoms with Gasteiger partial charge in [0.2, 0.25) is 5.91 Å². The first kappa shape index (κ1) is 20.0. The molecule has 6 nitrogen and oxygen atoms in total. The molecule has 0 radical (unpaired) electrons. The number of hydrogen-bond acceptors (Lipinski definition) is 4. The number of halogens is 3. The number of nitrogens with one attached hydrogen (secondary N) is 1. The molecular formula is C19H15Cl2FN4O2. The van der Waals surface area contributed by atoms with Crippen LogP contribution in [0.4, 0.5) is 10.1 Å². The molecule has 0 spiro atoms. The molecule has 9 heteroatoms. The summed E-state index contributed by atoms with van der Waals surface area (Å²) in [5.41, 5.74) is 0.825. The highest BCUT2D eigenvalue weighted by atomic mass is 35.5. The standard InChI is InChI=1S/C19H15Cl2FN4O2/c1-2-26(10-16(27)25-18-13(20)4-3-5-14(18)21)19(28)12-8-11(22)9-15-17(12)24-7-6-23-15/h3-9H,2,10H2,1H3,(H,25,27). The number of carbonyl (C=O) groups is 2. The van der Waals surface area contributed by atoms with Gasteiger partial charge >= 0.3 is 0 Å². The average Bonchev–Trinajstić information content (AvgIpc) is 2.68. The van der Waals surface area contributed by atoms with E-state index < -0.39 is 17.6 Å². The van der Waals surface area contributed by atoms with Crippen LogP contribution >= 0.6 is 23.2 Å². The van der Waals surface area contributed by atoms with Gasteiger partial charge < -0.3 is 10.2 Å². The number of nitrogens with zero attached hydrogens (tertiary/aromatic N) is 3. The summed E-state index contributed by atoms with van der Waals surface area (Å²) in [6.45, 7) is 1.66. The van der Waals surface area contributed by atoms with Crippen molar-refractivity contribution in [2.24, 2.45) is 0 Å². The summed E-state index contributed by atoms with van der Waals surface area (Å²) in [4.78, 5) is 34.8. The summed E-state index contributed by atoms with van der Waals surface area (Å²) >= 11 is 12.1. The summed E-state index contributed by atoms with van der Waals surface area (Å²) in [5, 5.41) is 3.16. The van der Waals surface area contributed by atoms with Crippen molar-refractivity contribution in [1.82, 2.24) is 14.9 Å². The van der Waals surface area contributed by atoms with Gasteiger partial charge in [0.05, 0.1) is 26.8 Å². The molecule has 2 aromatic carbocycles. The second-order valence-electron chi connectivity index (χ2n) is 5.84. The molecule has 1 N–H and O–H groups in total. The van der Waals surface area contributed by atoms with Crippen molar-refractivity contribution in [2.45, 2.75) is 6.92 Å². The van der Waals surface area contributed by atoms with Gasteiger partial charge in [-0.05, 0) is 25.1 Å². The lowest BCUT2D eigenvalue weighted by Gasteiger charge is -2.21. The Morgan fingerprint density at radius 1 is 1.14 bits per heavy atom. The number of aromatic nitrogens is 2. The van der Waals surface area contributed by atoms with Crippen molar-refractivity contribution in [3.05, 3.63) is 64.2 Å². The second kappa shape index (κ2) is 8.50. The number of hydrogen-bond donors (Lipinski definition) is 1. The summed E-state index contributed by atoms with van der Waals surface area (Å²) in [5.74, 6) is -1.63. The number of para-hydroxylation sites is 1. The van der Waals surface area contributed by atoms with Crippen LogP contribution in [0.25, 0.3) is 11.0 Å². The Kier molecular flexibility index (Phi) is 6.06. The van der Waals surface area contributed by atoms with Crippen LogP contribution in [0.15, 0.2) is 42.7 Å². The zero-order chi connectivity index (χ0) is 20.3. The Labute approximate surface area is 170 Å². The maximum absolute atomic E-state index is 13.9. The van der Waals surface area contributed by atoms with Crippen molar-refractivity contribution in [2.75, 3.05) is 18.4 Å². The topological polar surface area (TPSA) is 75.2 Å². The van der Waals surface area contributed by atoms with Gasteiger partial charge in [-0.15, -0.1) is 0 Å². The van der Waals surface area contributed by atoms with E-state index >= 15 is 0 Å². The third kappa shape index (κ3) is 4.21. The van der Waals surface area contributed by atoms with Crippen LogP contribution in [0, 0.1) is 5.82 Å². The van der Waals surface area contributed by atoms with Gasteiger partial charge in [0.1, 0.15) is 17.9 Å². The molecule has 3 aromatic rings. The molecule has 1 heterocycles. The fourth-order valence-electron chi connectivity index (χ4n) is 2.67. The fourth-order valence-corrected chi connectivity index (χ4v) is 3.16. The van der Waals surface area contributed by atoms with E-state index in [1.807, 2.05) is 0 Å². The highest BCUT2D eigenvalue weighted by Gasteiger charge is 2.22. The van der Waals surface area contributed by atoms with Gasteiger partial charge in [-0.25, -0.2) is 4.39 Å². The first-order valence-corrected chi connectivity index (χ1v) is 9.09. The van der Waals surface area contributed by atoms with Crippen molar-refractivity contribution < 1.29 is 14.0 Å². The summed E-state index contributed by atoms with van der Waals surface area (Å²) in [7, 11) is 0. The Morgan fingerprint density at radius 3 is 2.50 bits per heavy atom. The SMILES string of the molecule is CCN(CC(=O)Nc1c(Cl)cccc1Cl)C(=O)c1cc(F)cc2nccnc12. The minimum absolute atomic E-state index is 0.0357. The van der Waals surface area contributed by atoms with Crippen molar-refractivity contribution in [3.8, 4) is 0 Å². The number of amides is 2. The summed E-state index contributed by atoms with van der Waals surface area (Å²) < 4.78 is 13.9. The smallest absolute Gasteiger partial charge is 0.256 e. The molecule has 0 saturated carbocycles. The van der Waals surface area contributed by atoms with Gasteiger partial charge in [0.15, 0.2) is 0 Å². The van der Waals surface area contributed by atoms with Crippen LogP contribution in [0.2, 0.25) is 10.0 Å². The van der Waals surface area contributed by atoms with E-state index in [9.17, 15) is 14.0 Å². The van der Waals surface area contributed by atoms with E-state index in [1.165, 1.54) is 23.4 Å². The lowest BCUT2D eigenvalue weighted by Crippen LogP contribution is -2.38. The van der Waals surface area contributed by atoms with Crippen LogP contribution in [0.3, 0.4) is 0 Å². The third-order valence-electron chi connectivity index (χ3n) is 4.00. The zero-order valence-corrected chi connectivity index (χ0v) is 16.3. The Balaban J connectivity index is 1.84. The lowest BCUT2D eigenvalue weighted by atomic mass is 10.1. The molecule has 0 aliphatic carbocycles. The monoisotopic (exact) mass is 420 g/mol. The molecule has 0 aliphatic heterocycles. The van der Waals surface area contributed by atoms with Gasteiger partial charge in [-0.1, -0.05) is 29.3 Å². The van der Waals surface area contributed by atoms with Crippen LogP contribution < -0.4 is 5.32 Å². The maximum Gasteiger partial charge on any atom is 0.256 e. The number of benzene rings is 2. The van der Waals surface area contributed by atoms with Crippen LogP contribution in [0.1, 0.15) is 17.3 Å². The zero-order valence-electron chi connectivity index (χ0n) is 14.7. The van der Waals surface area contributed by atoms with Gasteiger partial charge in [-0.2, -0.15) is 0 Å². The highest BCUT2D eigenvalue weighted by Crippen LogP contribution is 2.29. The molecule has 1 aromatic heterocycles. The number of rotatable bonds is 5. The van der Waals surface area contributed by atoms with Crippen LogP contribution in [0.5, 0.6) is 0 Å². The molecule has 0 aliphatic rings. The molecular weight excluding hydrogens is 406 g/mol. The van der Waals surface area contributed by atoms with Crippen LogP contribution in [-0.4, -0.2) is 39.8 Å². The largest absolute Gasteiger partial charge is 0.330 e. The predicted octanol–water partition coefficient (Wildman–Crippen LogP) is 4.18. The Morgan fingerprint density at radius 2 is 1.82 bits per heavy atom. The number of carbonyl (C=O) groups excluding carboxylic acids is 2. The van der Waals surface area contributed by atoms with Crippen LogP contribution in [-0.2, 0) is 4.79 Å². The molecule has 2 amide bonds. The van der Waals surface area contributed by atoms with Crippen molar-refractivity contribution in [1.29, 1.82) is 0 Å². The van der Waals surface area contributed by atoms with E-state index in [2.05, 4.69) is 15.3 Å². The first-order chi connectivity index (χ1) is 13.4. The van der Waals surface area contributed by atoms with E-state index in [-0.39, 0.29) is 45.4 Å². The predicted molar refractivity (Wildman–Crippen MR) is 106 cm³/mol. The van der Waals surface area contributed by atoms with E-state index in [4.69, 9.17) is 23.2 Å². The van der Waals surface area contributed by atoms with Gasteiger partial charge in [-0.3, -0.25) is 19.6 Å². The molecule has 0 unspecified atom stereocenters. The number of fused-ring (bicyclic) bond motifs is 1. The number of likely N-dealkylation sites (N-methyl/N-ethyl adjacent to an activating group) is 1. The van der Waals surface area contributed by atoms with Gasteiger partial charge in [0.25, 0.3) is 5.91 Å². The molecule has 144 valence electrons. The molecule has 0 fully saturated rings. The Hall–Kier alpha value is -2.77. The minimum atomic E-state index is -0.611. The van der Waals surface area contributed by atoms with E-state index in [0.29, 0.717) is 0 Å².